The molecule has 0 bridgehead atoms. The van der Waals surface area contributed by atoms with Crippen molar-refractivity contribution < 1.29 is 22.4 Å². The molecule has 0 N–H and O–H groups in total. The number of alkyl halides is 3. The number of hydrazone groups is 1. The molecule has 1 aromatic heterocycles. The van der Waals surface area contributed by atoms with Gasteiger partial charge in [0.1, 0.15) is 11.8 Å². The number of halogens is 3. The fourth-order valence-electron chi connectivity index (χ4n) is 4.67. The minimum Gasteiger partial charge on any atom is -0.467 e. The lowest BCUT2D eigenvalue weighted by atomic mass is 10.0. The molecule has 0 saturated carbocycles. The van der Waals surface area contributed by atoms with Gasteiger partial charge in [-0.25, -0.2) is 5.01 Å². The van der Waals surface area contributed by atoms with Crippen molar-refractivity contribution in [3.05, 3.63) is 89.4 Å². The summed E-state index contributed by atoms with van der Waals surface area (Å²) in [6.07, 6.45) is -2.22. The van der Waals surface area contributed by atoms with E-state index in [4.69, 9.17) is 4.42 Å². The second kappa shape index (κ2) is 9.81. The minimum atomic E-state index is -4.37. The molecular formula is C27H27F3N4O2. The van der Waals surface area contributed by atoms with Crippen molar-refractivity contribution in [3.8, 4) is 0 Å². The molecule has 188 valence electrons. The van der Waals surface area contributed by atoms with Crippen LogP contribution in [0.25, 0.3) is 0 Å². The first-order valence-corrected chi connectivity index (χ1v) is 11.9. The van der Waals surface area contributed by atoms with Gasteiger partial charge < -0.3 is 9.32 Å². The molecule has 1 unspecified atom stereocenters. The normalized spacial score (nSPS) is 19.0. The number of rotatable bonds is 5. The molecule has 3 heterocycles. The molecule has 3 aromatic rings. The fourth-order valence-corrected chi connectivity index (χ4v) is 4.67. The van der Waals surface area contributed by atoms with E-state index in [1.165, 1.54) is 17.1 Å². The van der Waals surface area contributed by atoms with Gasteiger partial charge in [0.15, 0.2) is 0 Å². The highest BCUT2D eigenvalue weighted by Gasteiger charge is 2.36. The largest absolute Gasteiger partial charge is 0.467 e. The molecule has 1 amide bonds. The molecule has 36 heavy (non-hydrogen) atoms. The molecule has 0 radical (unpaired) electrons. The maximum Gasteiger partial charge on any atom is 0.416 e. The van der Waals surface area contributed by atoms with E-state index in [0.29, 0.717) is 44.0 Å². The van der Waals surface area contributed by atoms with E-state index in [0.717, 1.165) is 22.9 Å². The van der Waals surface area contributed by atoms with Crippen LogP contribution in [-0.4, -0.2) is 54.3 Å². The van der Waals surface area contributed by atoms with Crippen LogP contribution in [0, 0.1) is 6.92 Å². The van der Waals surface area contributed by atoms with E-state index in [1.54, 1.807) is 18.4 Å². The number of nitrogens with zero attached hydrogens (tertiary/aromatic N) is 4. The van der Waals surface area contributed by atoms with E-state index in [2.05, 4.69) is 5.10 Å². The Hall–Kier alpha value is -3.59. The summed E-state index contributed by atoms with van der Waals surface area (Å²) in [6.45, 7) is 4.40. The molecule has 2 aliphatic heterocycles. The third-order valence-electron chi connectivity index (χ3n) is 6.69. The Morgan fingerprint density at radius 2 is 1.78 bits per heavy atom. The lowest BCUT2D eigenvalue weighted by molar-refractivity contribution is -0.137. The number of amides is 1. The van der Waals surface area contributed by atoms with Crippen LogP contribution in [0.15, 0.2) is 76.4 Å². The molecule has 0 spiro atoms. The summed E-state index contributed by atoms with van der Waals surface area (Å²) in [5.74, 6) is 0.551. The molecule has 9 heteroatoms. The van der Waals surface area contributed by atoms with Gasteiger partial charge in [-0.15, -0.1) is 0 Å². The van der Waals surface area contributed by atoms with Crippen LogP contribution >= 0.6 is 0 Å². The molecule has 1 fully saturated rings. The summed E-state index contributed by atoms with van der Waals surface area (Å²) in [5, 5.41) is 6.20. The highest BCUT2D eigenvalue weighted by Crippen LogP contribution is 2.34. The van der Waals surface area contributed by atoms with Gasteiger partial charge in [0.2, 0.25) is 0 Å². The van der Waals surface area contributed by atoms with E-state index < -0.39 is 11.7 Å². The van der Waals surface area contributed by atoms with Gasteiger partial charge >= 0.3 is 6.18 Å². The average Bonchev–Trinajstić information content (AvgIpc) is 3.55. The van der Waals surface area contributed by atoms with Crippen molar-refractivity contribution in [2.75, 3.05) is 37.6 Å². The predicted molar refractivity (Wildman–Crippen MR) is 131 cm³/mol. The maximum absolute atomic E-state index is 13.4. The zero-order valence-corrected chi connectivity index (χ0v) is 19.9. The summed E-state index contributed by atoms with van der Waals surface area (Å²) in [6, 6.07) is 16.8. The fraction of sp³-hybridized carbons (Fsp3) is 0.333. The third-order valence-corrected chi connectivity index (χ3v) is 6.69. The second-order valence-corrected chi connectivity index (χ2v) is 9.20. The molecule has 1 atom stereocenters. The number of hydrogen-bond donors (Lipinski definition) is 0. The van der Waals surface area contributed by atoms with Crippen molar-refractivity contribution in [2.45, 2.75) is 25.6 Å². The number of aryl methyl sites for hydroxylation is 1. The molecule has 2 aromatic carbocycles. The zero-order valence-electron chi connectivity index (χ0n) is 19.9. The number of carbonyl (C=O) groups is 1. The van der Waals surface area contributed by atoms with Crippen molar-refractivity contribution >= 4 is 17.3 Å². The molecule has 0 aliphatic carbocycles. The van der Waals surface area contributed by atoms with E-state index >= 15 is 0 Å². The van der Waals surface area contributed by atoms with Crippen LogP contribution in [0.5, 0.6) is 0 Å². The van der Waals surface area contributed by atoms with Gasteiger partial charge in [-0.2, -0.15) is 18.3 Å². The number of hydrogen-bond acceptors (Lipinski definition) is 5. The van der Waals surface area contributed by atoms with Crippen molar-refractivity contribution in [3.63, 3.8) is 0 Å². The van der Waals surface area contributed by atoms with E-state index in [1.807, 2.05) is 47.1 Å². The number of piperazine rings is 1. The van der Waals surface area contributed by atoms with Gasteiger partial charge in [-0.3, -0.25) is 9.69 Å². The topological polar surface area (TPSA) is 52.3 Å². The SMILES string of the molecule is Cc1ccc(C2=NN(C(=O)CN3CCN(c4cccc(C(F)(F)F)c4)CC3)C(c3ccco3)C2)cc1. The Morgan fingerprint density at radius 3 is 2.44 bits per heavy atom. The Labute approximate surface area is 207 Å². The molecular weight excluding hydrogens is 469 g/mol. The average molecular weight is 497 g/mol. The first kappa shape index (κ1) is 24.1. The van der Waals surface area contributed by atoms with Crippen molar-refractivity contribution in [1.82, 2.24) is 9.91 Å². The highest BCUT2D eigenvalue weighted by atomic mass is 19.4. The molecule has 6 nitrogen and oxygen atoms in total. The van der Waals surface area contributed by atoms with Crippen LogP contribution in [0.2, 0.25) is 0 Å². The molecule has 2 aliphatic rings. The van der Waals surface area contributed by atoms with Gasteiger partial charge in [-0.05, 0) is 42.8 Å². The summed E-state index contributed by atoms with van der Waals surface area (Å²) in [5.41, 5.74) is 2.84. The van der Waals surface area contributed by atoms with Gasteiger partial charge in [0.05, 0.1) is 24.1 Å². The third kappa shape index (κ3) is 5.16. The number of anilines is 1. The smallest absolute Gasteiger partial charge is 0.416 e. The quantitative estimate of drug-likeness (QED) is 0.493. The number of benzene rings is 2. The van der Waals surface area contributed by atoms with Gasteiger partial charge in [0, 0.05) is 38.3 Å². The predicted octanol–water partition coefficient (Wildman–Crippen LogP) is 5.11. The first-order chi connectivity index (χ1) is 17.3. The van der Waals surface area contributed by atoms with Crippen LogP contribution in [-0.2, 0) is 11.0 Å². The molecule has 1 saturated heterocycles. The lowest BCUT2D eigenvalue weighted by Gasteiger charge is -2.36. The highest BCUT2D eigenvalue weighted by molar-refractivity contribution is 6.03. The first-order valence-electron chi connectivity index (χ1n) is 11.9. The minimum absolute atomic E-state index is 0.133. The van der Waals surface area contributed by atoms with Crippen molar-refractivity contribution in [2.24, 2.45) is 5.10 Å². The van der Waals surface area contributed by atoms with E-state index in [-0.39, 0.29) is 18.5 Å². The summed E-state index contributed by atoms with van der Waals surface area (Å²) in [7, 11) is 0. The summed E-state index contributed by atoms with van der Waals surface area (Å²) in [4.78, 5) is 17.3. The van der Waals surface area contributed by atoms with E-state index in [9.17, 15) is 18.0 Å². The standard InChI is InChI=1S/C27H27F3N4O2/c1-19-7-9-20(10-8-19)23-17-24(25-6-3-15-36-25)34(31-23)26(35)18-32-11-13-33(14-12-32)22-5-2-4-21(16-22)27(28,29)30/h2-10,15-16,24H,11-14,17-18H2,1H3. The molecule has 5 rings (SSSR count). The Balaban J connectivity index is 1.25. The van der Waals surface area contributed by atoms with Crippen LogP contribution < -0.4 is 4.90 Å². The zero-order chi connectivity index (χ0) is 25.3. The van der Waals surface area contributed by atoms with Crippen LogP contribution in [0.3, 0.4) is 0 Å². The summed E-state index contributed by atoms with van der Waals surface area (Å²) >= 11 is 0. The van der Waals surface area contributed by atoms with Crippen LogP contribution in [0.4, 0.5) is 18.9 Å². The Bertz CT molecular complexity index is 1230. The second-order valence-electron chi connectivity index (χ2n) is 9.20. The summed E-state index contributed by atoms with van der Waals surface area (Å²) < 4.78 is 44.9. The lowest BCUT2D eigenvalue weighted by Crippen LogP contribution is -2.49. The van der Waals surface area contributed by atoms with Crippen LogP contribution in [0.1, 0.15) is 34.9 Å². The Kier molecular flexibility index (Phi) is 6.57. The number of carbonyl (C=O) groups excluding carboxylic acids is 1. The van der Waals surface area contributed by atoms with Gasteiger partial charge in [0.25, 0.3) is 5.91 Å². The maximum atomic E-state index is 13.4. The monoisotopic (exact) mass is 496 g/mol. The van der Waals surface area contributed by atoms with Gasteiger partial charge in [-0.1, -0.05) is 35.9 Å². The van der Waals surface area contributed by atoms with Crippen molar-refractivity contribution in [1.29, 1.82) is 0 Å². The Morgan fingerprint density at radius 1 is 1.03 bits per heavy atom. The number of furan rings is 1.